The first-order valence-corrected chi connectivity index (χ1v) is 12.3. The number of ketones is 3. The van der Waals surface area contributed by atoms with Gasteiger partial charge in [-0.15, -0.1) is 11.8 Å². The molecule has 0 saturated carbocycles. The molecule has 0 aliphatic rings. The van der Waals surface area contributed by atoms with Crippen molar-refractivity contribution in [3.8, 4) is 5.75 Å². The highest BCUT2D eigenvalue weighted by Crippen LogP contribution is 2.15. The Morgan fingerprint density at radius 3 is 1.47 bits per heavy atom. The first-order chi connectivity index (χ1) is 17.1. The van der Waals surface area contributed by atoms with Crippen LogP contribution in [0.3, 0.4) is 0 Å². The number of phenolic OH excluding ortho intramolecular Hbond substituents is 1. The van der Waals surface area contributed by atoms with Gasteiger partial charge in [0, 0.05) is 27.3 Å². The van der Waals surface area contributed by atoms with Crippen LogP contribution in [0.15, 0.2) is 77.7 Å². The molecule has 0 aliphatic carbocycles. The van der Waals surface area contributed by atoms with Gasteiger partial charge in [0.05, 0.1) is 6.61 Å². The third-order valence-corrected chi connectivity index (χ3v) is 5.33. The SMILES string of the molecule is CC(=O)c1ccc(O)cc1.CCOC(=O)Nc1ccc(C(C)=O)cc1.CSc1ccc(C(C)=O)cc1. The molecule has 3 rings (SSSR count). The Morgan fingerprint density at radius 1 is 0.722 bits per heavy atom. The molecule has 0 fully saturated rings. The number of anilines is 1. The number of Topliss-reactive ketones (excluding diaryl/α,β-unsaturated/α-hetero) is 3. The Balaban J connectivity index is 0.000000277. The second-order valence-corrected chi connectivity index (χ2v) is 8.25. The van der Waals surface area contributed by atoms with Crippen molar-refractivity contribution in [2.75, 3.05) is 18.2 Å². The zero-order chi connectivity index (χ0) is 27.1. The maximum Gasteiger partial charge on any atom is 0.411 e. The maximum absolute atomic E-state index is 11.0. The number of thioether (sulfide) groups is 1. The highest BCUT2D eigenvalue weighted by atomic mass is 32.2. The second-order valence-electron chi connectivity index (χ2n) is 7.37. The van der Waals surface area contributed by atoms with E-state index in [9.17, 15) is 19.2 Å². The van der Waals surface area contributed by atoms with Crippen LogP contribution < -0.4 is 5.32 Å². The zero-order valence-electron chi connectivity index (χ0n) is 21.0. The maximum atomic E-state index is 11.0. The first-order valence-electron chi connectivity index (χ1n) is 11.1. The molecule has 7 nitrogen and oxygen atoms in total. The lowest BCUT2D eigenvalue weighted by Gasteiger charge is -2.05. The number of hydrogen-bond donors (Lipinski definition) is 2. The topological polar surface area (TPSA) is 110 Å². The van der Waals surface area contributed by atoms with E-state index in [0.29, 0.717) is 23.4 Å². The van der Waals surface area contributed by atoms with Crippen LogP contribution in [0.1, 0.15) is 58.8 Å². The molecule has 8 heteroatoms. The number of phenols is 1. The summed E-state index contributed by atoms with van der Waals surface area (Å²) in [5.41, 5.74) is 2.63. The lowest BCUT2D eigenvalue weighted by molar-refractivity contribution is 0.100. The summed E-state index contributed by atoms with van der Waals surface area (Å²) in [6.45, 7) is 6.63. The minimum absolute atomic E-state index is 0.00214. The van der Waals surface area contributed by atoms with Crippen LogP contribution >= 0.6 is 11.8 Å². The van der Waals surface area contributed by atoms with E-state index in [1.165, 1.54) is 30.9 Å². The van der Waals surface area contributed by atoms with Crippen molar-refractivity contribution in [3.63, 3.8) is 0 Å². The van der Waals surface area contributed by atoms with Gasteiger partial charge in [0.2, 0.25) is 0 Å². The first kappa shape index (κ1) is 30.1. The molecule has 3 aromatic carbocycles. The molecule has 0 radical (unpaired) electrons. The lowest BCUT2D eigenvalue weighted by atomic mass is 10.1. The number of benzene rings is 3. The van der Waals surface area contributed by atoms with E-state index in [-0.39, 0.29) is 23.1 Å². The van der Waals surface area contributed by atoms with E-state index in [0.717, 1.165) is 5.56 Å². The van der Waals surface area contributed by atoms with Gasteiger partial charge in [0.15, 0.2) is 17.3 Å². The summed E-state index contributed by atoms with van der Waals surface area (Å²) in [5.74, 6) is 0.320. The van der Waals surface area contributed by atoms with Crippen LogP contribution in [0.25, 0.3) is 0 Å². The van der Waals surface area contributed by atoms with Crippen molar-refractivity contribution in [1.29, 1.82) is 0 Å². The fourth-order valence-corrected chi connectivity index (χ4v) is 3.00. The Kier molecular flexibility index (Phi) is 13.3. The molecule has 0 unspecified atom stereocenters. The van der Waals surface area contributed by atoms with E-state index < -0.39 is 6.09 Å². The molecule has 0 saturated heterocycles. The molecule has 2 N–H and O–H groups in total. The molecule has 0 heterocycles. The molecular weight excluding hydrogens is 478 g/mol. The summed E-state index contributed by atoms with van der Waals surface area (Å²) < 4.78 is 4.71. The van der Waals surface area contributed by atoms with Crippen molar-refractivity contribution in [2.45, 2.75) is 32.6 Å². The normalized spacial score (nSPS) is 9.47. The molecule has 0 aliphatic heterocycles. The average Bonchev–Trinajstić information content (AvgIpc) is 2.85. The number of hydrogen-bond acceptors (Lipinski definition) is 7. The molecule has 0 spiro atoms. The van der Waals surface area contributed by atoms with Crippen molar-refractivity contribution in [2.24, 2.45) is 0 Å². The van der Waals surface area contributed by atoms with E-state index in [1.807, 2.05) is 30.5 Å². The molecule has 190 valence electrons. The standard InChI is InChI=1S/C11H13NO3.C9H10OS.C8H8O2/c1-3-15-11(14)12-10-6-4-9(5-7-10)8(2)13;1-7(10)8-3-5-9(11-2)6-4-8;1-6(9)7-2-4-8(10)5-3-7/h4-7H,3H2,1-2H3,(H,12,14);3-6H,1-2H3;2-5,10H,1H3. The Bertz CT molecular complexity index is 1140. The number of ether oxygens (including phenoxy) is 1. The third-order valence-electron chi connectivity index (χ3n) is 4.58. The lowest BCUT2D eigenvalue weighted by Crippen LogP contribution is -2.13. The summed E-state index contributed by atoms with van der Waals surface area (Å²) in [4.78, 5) is 44.7. The zero-order valence-corrected chi connectivity index (χ0v) is 21.8. The summed E-state index contributed by atoms with van der Waals surface area (Å²) in [6.07, 6.45) is 1.52. The molecule has 36 heavy (non-hydrogen) atoms. The van der Waals surface area contributed by atoms with Crippen molar-refractivity contribution in [1.82, 2.24) is 0 Å². The molecule has 1 amide bonds. The van der Waals surface area contributed by atoms with Gasteiger partial charge in [-0.3, -0.25) is 19.7 Å². The van der Waals surface area contributed by atoms with Crippen molar-refractivity contribution in [3.05, 3.63) is 89.5 Å². The van der Waals surface area contributed by atoms with Crippen LogP contribution in [0.5, 0.6) is 5.75 Å². The second kappa shape index (κ2) is 15.9. The summed E-state index contributed by atoms with van der Waals surface area (Å²) in [5, 5.41) is 11.4. The molecule has 0 aromatic heterocycles. The van der Waals surface area contributed by atoms with Crippen LogP contribution in [0, 0.1) is 0 Å². The fourth-order valence-electron chi connectivity index (χ4n) is 2.60. The number of nitrogens with one attached hydrogen (secondary N) is 1. The summed E-state index contributed by atoms with van der Waals surface area (Å²) in [6, 6.07) is 20.4. The van der Waals surface area contributed by atoms with Gasteiger partial charge < -0.3 is 9.84 Å². The van der Waals surface area contributed by atoms with E-state index in [1.54, 1.807) is 62.0 Å². The van der Waals surface area contributed by atoms with Gasteiger partial charge in [-0.05, 0) is 94.6 Å². The number of rotatable bonds is 6. The van der Waals surface area contributed by atoms with Crippen LogP contribution in [0.4, 0.5) is 10.5 Å². The van der Waals surface area contributed by atoms with Crippen LogP contribution in [-0.4, -0.2) is 41.4 Å². The van der Waals surface area contributed by atoms with E-state index in [4.69, 9.17) is 9.84 Å². The van der Waals surface area contributed by atoms with Gasteiger partial charge >= 0.3 is 6.09 Å². The molecular formula is C28H31NO6S. The van der Waals surface area contributed by atoms with Crippen molar-refractivity contribution >= 4 is 40.9 Å². The molecule has 3 aromatic rings. The number of aromatic hydroxyl groups is 1. The smallest absolute Gasteiger partial charge is 0.411 e. The monoisotopic (exact) mass is 509 g/mol. The largest absolute Gasteiger partial charge is 0.508 e. The summed E-state index contributed by atoms with van der Waals surface area (Å²) in [7, 11) is 0. The summed E-state index contributed by atoms with van der Waals surface area (Å²) >= 11 is 1.68. The quantitative estimate of drug-likeness (QED) is 0.282. The fraction of sp³-hybridized carbons (Fsp3) is 0.214. The van der Waals surface area contributed by atoms with Crippen molar-refractivity contribution < 1.29 is 29.0 Å². The van der Waals surface area contributed by atoms with Crippen LogP contribution in [-0.2, 0) is 4.74 Å². The predicted molar refractivity (Wildman–Crippen MR) is 143 cm³/mol. The molecule has 0 atom stereocenters. The highest BCUT2D eigenvalue weighted by molar-refractivity contribution is 7.98. The van der Waals surface area contributed by atoms with Gasteiger partial charge in [-0.25, -0.2) is 4.79 Å². The third kappa shape index (κ3) is 11.5. The molecule has 0 bridgehead atoms. The van der Waals surface area contributed by atoms with Gasteiger partial charge in [0.25, 0.3) is 0 Å². The average molecular weight is 510 g/mol. The number of amides is 1. The minimum atomic E-state index is -0.493. The van der Waals surface area contributed by atoms with E-state index in [2.05, 4.69) is 5.32 Å². The predicted octanol–water partition coefficient (Wildman–Crippen LogP) is 6.66. The van der Waals surface area contributed by atoms with E-state index >= 15 is 0 Å². The van der Waals surface area contributed by atoms with Gasteiger partial charge in [-0.2, -0.15) is 0 Å². The number of carbonyl (C=O) groups excluding carboxylic acids is 4. The Labute approximate surface area is 215 Å². The number of carbonyl (C=O) groups is 4. The minimum Gasteiger partial charge on any atom is -0.508 e. The van der Waals surface area contributed by atoms with Gasteiger partial charge in [0.1, 0.15) is 5.75 Å². The highest BCUT2D eigenvalue weighted by Gasteiger charge is 2.03. The Morgan fingerprint density at radius 2 is 1.11 bits per heavy atom. The Hall–Kier alpha value is -3.91. The van der Waals surface area contributed by atoms with Crippen LogP contribution in [0.2, 0.25) is 0 Å². The van der Waals surface area contributed by atoms with Gasteiger partial charge in [-0.1, -0.05) is 12.1 Å².